The zero-order chi connectivity index (χ0) is 28.5. The second-order valence-electron chi connectivity index (χ2n) is 10.2. The maximum absolute atomic E-state index is 13.5. The molecular weight excluding hydrogens is 516 g/mol. The Bertz CT molecular complexity index is 1160. The topological polar surface area (TPSA) is 79.5 Å². The van der Waals surface area contributed by atoms with Gasteiger partial charge in [0, 0.05) is 24.0 Å². The maximum atomic E-state index is 13.5. The van der Waals surface area contributed by atoms with Gasteiger partial charge in [-0.3, -0.25) is 10.1 Å². The van der Waals surface area contributed by atoms with Crippen molar-refractivity contribution >= 4 is 23.4 Å². The quantitative estimate of drug-likeness (QED) is 0.368. The highest BCUT2D eigenvalue weighted by Gasteiger charge is 2.47. The second kappa shape index (κ2) is 10.8. The van der Waals surface area contributed by atoms with Crippen molar-refractivity contribution in [2.24, 2.45) is 11.8 Å². The van der Waals surface area contributed by atoms with E-state index in [0.717, 1.165) is 6.07 Å². The maximum Gasteiger partial charge on any atom is 0.416 e. The molecule has 0 spiro atoms. The molecule has 1 aliphatic rings. The third-order valence-electron chi connectivity index (χ3n) is 6.05. The first-order valence-electron chi connectivity index (χ1n) is 11.8. The van der Waals surface area contributed by atoms with Crippen molar-refractivity contribution < 1.29 is 40.7 Å². The number of carbonyl (C=O) groups is 2. The van der Waals surface area contributed by atoms with Crippen LogP contribution in [0.25, 0.3) is 0 Å². The minimum Gasteiger partial charge on any atom is -0.444 e. The Morgan fingerprint density at radius 1 is 0.921 bits per heavy atom. The standard InChI is InChI=1S/C26H29F6N3O3/c1-14-5-8-18(12-20(14)26(30,31)32)34-22(36)19-11-16(25(27,28)29)13-33-21(19)15-6-9-17(10-7-15)35-23(37)38-24(2,3)4/h5-10,12,16,19,21,33H,11,13H2,1-4H3,(H,34,36)(H,35,37)/t16-,19+,21?/m1/s1. The fourth-order valence-electron chi connectivity index (χ4n) is 4.23. The van der Waals surface area contributed by atoms with Crippen LogP contribution in [0.1, 0.15) is 49.9 Å². The Hall–Kier alpha value is -3.28. The molecule has 6 nitrogen and oxygen atoms in total. The molecule has 3 rings (SSSR count). The molecule has 1 unspecified atom stereocenters. The van der Waals surface area contributed by atoms with Crippen molar-refractivity contribution in [1.29, 1.82) is 0 Å². The summed E-state index contributed by atoms with van der Waals surface area (Å²) in [7, 11) is 0. The van der Waals surface area contributed by atoms with Gasteiger partial charge in [-0.1, -0.05) is 18.2 Å². The monoisotopic (exact) mass is 545 g/mol. The number of ether oxygens (including phenoxy) is 1. The van der Waals surface area contributed by atoms with Crippen molar-refractivity contribution in [1.82, 2.24) is 5.32 Å². The van der Waals surface area contributed by atoms with Crippen LogP contribution in [0, 0.1) is 18.8 Å². The van der Waals surface area contributed by atoms with Gasteiger partial charge in [0.05, 0.1) is 17.4 Å². The lowest BCUT2D eigenvalue weighted by Crippen LogP contribution is -2.48. The Balaban J connectivity index is 1.83. The van der Waals surface area contributed by atoms with Crippen molar-refractivity contribution in [3.05, 3.63) is 59.2 Å². The predicted molar refractivity (Wildman–Crippen MR) is 130 cm³/mol. The van der Waals surface area contributed by atoms with Gasteiger partial charge < -0.3 is 15.4 Å². The van der Waals surface area contributed by atoms with Crippen molar-refractivity contribution in [3.8, 4) is 0 Å². The normalized spacial score (nSPS) is 20.5. The first-order valence-corrected chi connectivity index (χ1v) is 11.8. The Labute approximate surface area is 216 Å². The molecule has 1 aliphatic heterocycles. The number of piperidine rings is 1. The lowest BCUT2D eigenvalue weighted by atomic mass is 9.80. The molecular formula is C26H29F6N3O3. The molecule has 0 saturated carbocycles. The zero-order valence-electron chi connectivity index (χ0n) is 21.2. The minimum absolute atomic E-state index is 0.0510. The Morgan fingerprint density at radius 3 is 2.08 bits per heavy atom. The largest absolute Gasteiger partial charge is 0.444 e. The number of rotatable bonds is 4. The van der Waals surface area contributed by atoms with E-state index in [1.54, 1.807) is 32.9 Å². The highest BCUT2D eigenvalue weighted by Crippen LogP contribution is 2.40. The molecule has 2 aromatic rings. The van der Waals surface area contributed by atoms with E-state index in [9.17, 15) is 35.9 Å². The summed E-state index contributed by atoms with van der Waals surface area (Å²) in [6.45, 7) is 5.93. The number of anilines is 2. The number of hydrogen-bond donors (Lipinski definition) is 3. The molecule has 1 heterocycles. The lowest BCUT2D eigenvalue weighted by molar-refractivity contribution is -0.184. The molecule has 1 saturated heterocycles. The van der Waals surface area contributed by atoms with Crippen LogP contribution in [0.2, 0.25) is 0 Å². The molecule has 3 atom stereocenters. The summed E-state index contributed by atoms with van der Waals surface area (Å²) in [5, 5.41) is 7.68. The molecule has 0 bridgehead atoms. The van der Waals surface area contributed by atoms with Crippen LogP contribution in [0.4, 0.5) is 42.5 Å². The van der Waals surface area contributed by atoms with E-state index >= 15 is 0 Å². The summed E-state index contributed by atoms with van der Waals surface area (Å²) in [5.41, 5.74) is -1.05. The molecule has 12 heteroatoms. The van der Waals surface area contributed by atoms with Crippen molar-refractivity contribution in [2.45, 2.75) is 58.1 Å². The number of amides is 2. The van der Waals surface area contributed by atoms with E-state index in [1.165, 1.54) is 31.2 Å². The average molecular weight is 546 g/mol. The number of hydrogen-bond acceptors (Lipinski definition) is 4. The van der Waals surface area contributed by atoms with E-state index in [0.29, 0.717) is 11.3 Å². The van der Waals surface area contributed by atoms with Crippen LogP contribution >= 0.6 is 0 Å². The summed E-state index contributed by atoms with van der Waals surface area (Å²) < 4.78 is 85.6. The van der Waals surface area contributed by atoms with E-state index in [2.05, 4.69) is 16.0 Å². The zero-order valence-corrected chi connectivity index (χ0v) is 21.2. The van der Waals surface area contributed by atoms with Gasteiger partial charge in [0.15, 0.2) is 0 Å². The fourth-order valence-corrected chi connectivity index (χ4v) is 4.23. The summed E-state index contributed by atoms with van der Waals surface area (Å²) >= 11 is 0. The fraction of sp³-hybridized carbons (Fsp3) is 0.462. The molecule has 2 amide bonds. The van der Waals surface area contributed by atoms with Gasteiger partial charge in [-0.15, -0.1) is 0 Å². The van der Waals surface area contributed by atoms with Gasteiger partial charge >= 0.3 is 18.4 Å². The van der Waals surface area contributed by atoms with E-state index in [1.807, 2.05) is 0 Å². The number of nitrogens with one attached hydrogen (secondary N) is 3. The van der Waals surface area contributed by atoms with Gasteiger partial charge in [0.1, 0.15) is 5.60 Å². The molecule has 2 aromatic carbocycles. The molecule has 38 heavy (non-hydrogen) atoms. The number of aryl methyl sites for hydroxylation is 1. The van der Waals surface area contributed by atoms with Crippen LogP contribution in [0.15, 0.2) is 42.5 Å². The molecule has 208 valence electrons. The van der Waals surface area contributed by atoms with Gasteiger partial charge in [0.2, 0.25) is 5.91 Å². The highest BCUT2D eigenvalue weighted by atomic mass is 19.4. The van der Waals surface area contributed by atoms with Crippen LogP contribution in [0.5, 0.6) is 0 Å². The Kier molecular flexibility index (Phi) is 8.35. The lowest BCUT2D eigenvalue weighted by Gasteiger charge is -2.37. The van der Waals surface area contributed by atoms with E-state index in [4.69, 9.17) is 4.74 Å². The molecule has 3 N–H and O–H groups in total. The highest BCUT2D eigenvalue weighted by molar-refractivity contribution is 5.93. The molecule has 1 fully saturated rings. The summed E-state index contributed by atoms with van der Waals surface area (Å²) in [4.78, 5) is 25.1. The molecule has 0 aromatic heterocycles. The smallest absolute Gasteiger partial charge is 0.416 e. The van der Waals surface area contributed by atoms with Crippen LogP contribution in [-0.2, 0) is 15.7 Å². The molecule has 0 radical (unpaired) electrons. The van der Waals surface area contributed by atoms with Gasteiger partial charge in [-0.05, 0) is 69.5 Å². The summed E-state index contributed by atoms with van der Waals surface area (Å²) in [6.07, 6.45) is -10.5. The van der Waals surface area contributed by atoms with E-state index in [-0.39, 0.29) is 11.3 Å². The van der Waals surface area contributed by atoms with Crippen molar-refractivity contribution in [2.75, 3.05) is 17.2 Å². The average Bonchev–Trinajstić information content (AvgIpc) is 2.78. The minimum atomic E-state index is -4.66. The third-order valence-corrected chi connectivity index (χ3v) is 6.05. The van der Waals surface area contributed by atoms with E-state index < -0.39 is 66.4 Å². The van der Waals surface area contributed by atoms with Gasteiger partial charge in [0.25, 0.3) is 0 Å². The summed E-state index contributed by atoms with van der Waals surface area (Å²) in [5.74, 6) is -3.90. The van der Waals surface area contributed by atoms with Crippen LogP contribution in [-0.4, -0.2) is 30.3 Å². The van der Waals surface area contributed by atoms with Crippen molar-refractivity contribution in [3.63, 3.8) is 0 Å². The Morgan fingerprint density at radius 2 is 1.53 bits per heavy atom. The first-order chi connectivity index (χ1) is 17.4. The second-order valence-corrected chi connectivity index (χ2v) is 10.2. The predicted octanol–water partition coefficient (Wildman–Crippen LogP) is 6.83. The summed E-state index contributed by atoms with van der Waals surface area (Å²) in [6, 6.07) is 8.49. The molecule has 0 aliphatic carbocycles. The van der Waals surface area contributed by atoms with Crippen LogP contribution < -0.4 is 16.0 Å². The number of carbonyl (C=O) groups excluding carboxylic acids is 2. The third kappa shape index (κ3) is 7.62. The number of alkyl halides is 6. The van der Waals surface area contributed by atoms with Gasteiger partial charge in [-0.2, -0.15) is 26.3 Å². The SMILES string of the molecule is Cc1ccc(NC(=O)[C@H]2C[C@@H](C(F)(F)F)CNC2c2ccc(NC(=O)OC(C)(C)C)cc2)cc1C(F)(F)F. The van der Waals surface area contributed by atoms with Gasteiger partial charge in [-0.25, -0.2) is 4.79 Å². The first kappa shape index (κ1) is 29.3. The number of benzene rings is 2. The van der Waals surface area contributed by atoms with Crippen LogP contribution in [0.3, 0.4) is 0 Å². The number of halogens is 6.